The highest BCUT2D eigenvalue weighted by molar-refractivity contribution is 6.10. The fraction of sp³-hybridized carbons (Fsp3) is 0.227. The van der Waals surface area contributed by atoms with Gasteiger partial charge in [-0.2, -0.15) is 0 Å². The van der Waals surface area contributed by atoms with E-state index in [9.17, 15) is 27.6 Å². The van der Waals surface area contributed by atoms with E-state index in [4.69, 9.17) is 4.74 Å². The van der Waals surface area contributed by atoms with Crippen LogP contribution in [0.1, 0.15) is 21.5 Å². The van der Waals surface area contributed by atoms with Crippen LogP contribution in [-0.4, -0.2) is 48.3 Å². The molecular formula is C22H16F3N3O5. The second kappa shape index (κ2) is 8.05. The van der Waals surface area contributed by atoms with Crippen molar-refractivity contribution < 1.29 is 37.0 Å². The van der Waals surface area contributed by atoms with Crippen LogP contribution in [0.5, 0.6) is 11.5 Å². The zero-order chi connectivity index (χ0) is 23.8. The molecule has 8 nitrogen and oxygen atoms in total. The number of methoxy groups -OCH3 is 1. The number of amides is 4. The van der Waals surface area contributed by atoms with Crippen molar-refractivity contribution in [3.05, 3.63) is 59.2 Å². The molecule has 0 aromatic heterocycles. The lowest BCUT2D eigenvalue weighted by molar-refractivity contribution is -0.274. The summed E-state index contributed by atoms with van der Waals surface area (Å²) in [4.78, 5) is 38.7. The van der Waals surface area contributed by atoms with Gasteiger partial charge in [0.05, 0.1) is 13.7 Å². The highest BCUT2D eigenvalue weighted by atomic mass is 19.4. The summed E-state index contributed by atoms with van der Waals surface area (Å²) in [6, 6.07) is 9.08. The Kier molecular flexibility index (Phi) is 5.37. The topological polar surface area (TPSA) is 97.0 Å². The fourth-order valence-electron chi connectivity index (χ4n) is 3.56. The number of imide groups is 1. The first-order valence-corrected chi connectivity index (χ1v) is 9.57. The van der Waals surface area contributed by atoms with Crippen LogP contribution in [0.25, 0.3) is 0 Å². The number of urea groups is 1. The normalized spacial score (nSPS) is 19.4. The molecular weight excluding hydrogens is 443 g/mol. The van der Waals surface area contributed by atoms with Gasteiger partial charge >= 0.3 is 12.4 Å². The molecule has 2 aromatic rings. The number of ether oxygens (including phenoxy) is 2. The predicted molar refractivity (Wildman–Crippen MR) is 107 cm³/mol. The van der Waals surface area contributed by atoms with E-state index in [2.05, 4.69) is 27.2 Å². The molecule has 1 fully saturated rings. The van der Waals surface area contributed by atoms with Gasteiger partial charge in [0, 0.05) is 17.7 Å². The van der Waals surface area contributed by atoms with Crippen molar-refractivity contribution in [1.29, 1.82) is 0 Å². The minimum Gasteiger partial charge on any atom is -0.497 e. The third kappa shape index (κ3) is 4.55. The molecule has 11 heteroatoms. The van der Waals surface area contributed by atoms with E-state index < -0.39 is 29.6 Å². The Morgan fingerprint density at radius 2 is 1.91 bits per heavy atom. The van der Waals surface area contributed by atoms with Crippen molar-refractivity contribution in [1.82, 2.24) is 15.5 Å². The average Bonchev–Trinajstić information content (AvgIpc) is 3.20. The van der Waals surface area contributed by atoms with E-state index in [0.717, 1.165) is 12.1 Å². The number of alkyl halides is 3. The molecule has 33 heavy (non-hydrogen) atoms. The zero-order valence-corrected chi connectivity index (χ0v) is 17.1. The number of nitrogens with zero attached hydrogens (tertiary/aromatic N) is 1. The lowest BCUT2D eigenvalue weighted by Gasteiger charge is -2.26. The molecule has 0 bridgehead atoms. The van der Waals surface area contributed by atoms with Gasteiger partial charge in [-0.3, -0.25) is 14.9 Å². The van der Waals surface area contributed by atoms with Crippen molar-refractivity contribution >= 4 is 17.8 Å². The van der Waals surface area contributed by atoms with Crippen LogP contribution in [0.15, 0.2) is 42.5 Å². The number of nitrogens with one attached hydrogen (secondary N) is 2. The number of halogens is 3. The second-order valence-corrected chi connectivity index (χ2v) is 7.32. The summed E-state index contributed by atoms with van der Waals surface area (Å²) < 4.78 is 46.5. The van der Waals surface area contributed by atoms with E-state index in [1.165, 1.54) is 24.1 Å². The van der Waals surface area contributed by atoms with Crippen molar-refractivity contribution in [2.45, 2.75) is 18.4 Å². The molecule has 4 rings (SSSR count). The largest absolute Gasteiger partial charge is 0.573 e. The number of hydrogen-bond donors (Lipinski definition) is 2. The predicted octanol–water partition coefficient (Wildman–Crippen LogP) is 2.18. The smallest absolute Gasteiger partial charge is 0.497 e. The SMILES string of the molecule is COc1ccc2c(c1)C(=O)N(C[C@@]1(C#Cc3cccc(OC(F)(F)F)c3)NC(=O)NC1=O)C2. The first-order valence-electron chi connectivity index (χ1n) is 9.57. The van der Waals surface area contributed by atoms with Crippen molar-refractivity contribution in [2.24, 2.45) is 0 Å². The summed E-state index contributed by atoms with van der Waals surface area (Å²) in [5.41, 5.74) is -0.560. The summed E-state index contributed by atoms with van der Waals surface area (Å²) in [5, 5.41) is 4.53. The van der Waals surface area contributed by atoms with Gasteiger partial charge in [-0.05, 0) is 35.9 Å². The molecule has 2 N–H and O–H groups in total. The monoisotopic (exact) mass is 459 g/mol. The van der Waals surface area contributed by atoms with Crippen molar-refractivity contribution in [2.75, 3.05) is 13.7 Å². The van der Waals surface area contributed by atoms with Crippen LogP contribution in [0, 0.1) is 11.8 Å². The minimum absolute atomic E-state index is 0.117. The van der Waals surface area contributed by atoms with Crippen LogP contribution in [0.4, 0.5) is 18.0 Å². The van der Waals surface area contributed by atoms with Gasteiger partial charge < -0.3 is 19.7 Å². The average molecular weight is 459 g/mol. The van der Waals surface area contributed by atoms with Crippen LogP contribution >= 0.6 is 0 Å². The standard InChI is InChI=1S/C22H16F3N3O5/c1-32-15-6-5-14-11-28(18(29)17(14)10-15)12-21(19(30)26-20(31)27-21)8-7-13-3-2-4-16(9-13)33-22(23,24)25/h2-6,9-10H,11-12H2,1H3,(H2,26,27,30,31)/t21-/m1/s1. The summed E-state index contributed by atoms with van der Waals surface area (Å²) in [6.45, 7) is -0.0915. The van der Waals surface area contributed by atoms with Gasteiger partial charge in [-0.15, -0.1) is 13.2 Å². The quantitative estimate of drug-likeness (QED) is 0.540. The van der Waals surface area contributed by atoms with Gasteiger partial charge in [0.25, 0.3) is 11.8 Å². The molecule has 0 spiro atoms. The molecule has 4 amide bonds. The Morgan fingerprint density at radius 1 is 1.12 bits per heavy atom. The number of carbonyl (C=O) groups excluding carboxylic acids is 3. The van der Waals surface area contributed by atoms with Crippen LogP contribution < -0.4 is 20.1 Å². The number of carbonyl (C=O) groups is 3. The van der Waals surface area contributed by atoms with E-state index in [1.807, 2.05) is 0 Å². The fourth-order valence-corrected chi connectivity index (χ4v) is 3.56. The number of benzene rings is 2. The number of fused-ring (bicyclic) bond motifs is 1. The minimum atomic E-state index is -4.87. The van der Waals surface area contributed by atoms with Gasteiger partial charge in [0.1, 0.15) is 11.5 Å². The molecule has 0 radical (unpaired) electrons. The lowest BCUT2D eigenvalue weighted by Crippen LogP contribution is -2.54. The first-order chi connectivity index (χ1) is 15.6. The Labute approximate surface area is 185 Å². The maximum atomic E-state index is 12.9. The van der Waals surface area contributed by atoms with Crippen LogP contribution in [0.2, 0.25) is 0 Å². The van der Waals surface area contributed by atoms with Gasteiger partial charge in [-0.1, -0.05) is 24.0 Å². The third-order valence-corrected chi connectivity index (χ3v) is 5.05. The molecule has 0 saturated carbocycles. The highest BCUT2D eigenvalue weighted by Gasteiger charge is 2.48. The summed E-state index contributed by atoms with van der Waals surface area (Å²) in [7, 11) is 1.47. The Hall–Kier alpha value is -4.20. The van der Waals surface area contributed by atoms with E-state index in [-0.39, 0.29) is 24.6 Å². The summed E-state index contributed by atoms with van der Waals surface area (Å²) >= 11 is 0. The molecule has 2 aliphatic rings. The summed E-state index contributed by atoms with van der Waals surface area (Å²) in [5.74, 6) is 4.09. The maximum absolute atomic E-state index is 12.9. The number of hydrogen-bond acceptors (Lipinski definition) is 5. The molecule has 0 aliphatic carbocycles. The zero-order valence-electron chi connectivity index (χ0n) is 17.1. The van der Waals surface area contributed by atoms with Gasteiger partial charge in [-0.25, -0.2) is 4.79 Å². The van der Waals surface area contributed by atoms with Crippen LogP contribution in [-0.2, 0) is 11.3 Å². The lowest BCUT2D eigenvalue weighted by atomic mass is 9.99. The summed E-state index contributed by atoms with van der Waals surface area (Å²) in [6.07, 6.45) is -4.87. The second-order valence-electron chi connectivity index (χ2n) is 7.32. The molecule has 1 atom stereocenters. The van der Waals surface area contributed by atoms with Crippen molar-refractivity contribution in [3.8, 4) is 23.3 Å². The number of rotatable bonds is 4. The highest BCUT2D eigenvalue weighted by Crippen LogP contribution is 2.29. The maximum Gasteiger partial charge on any atom is 0.573 e. The third-order valence-electron chi connectivity index (χ3n) is 5.05. The van der Waals surface area contributed by atoms with Crippen molar-refractivity contribution in [3.63, 3.8) is 0 Å². The molecule has 0 unspecified atom stereocenters. The molecule has 2 aromatic carbocycles. The molecule has 1 saturated heterocycles. The Balaban J connectivity index is 1.62. The van der Waals surface area contributed by atoms with Gasteiger partial charge in [0.2, 0.25) is 5.54 Å². The Morgan fingerprint density at radius 3 is 2.58 bits per heavy atom. The van der Waals surface area contributed by atoms with E-state index in [0.29, 0.717) is 16.9 Å². The first kappa shape index (κ1) is 22.0. The van der Waals surface area contributed by atoms with E-state index >= 15 is 0 Å². The molecule has 170 valence electrons. The van der Waals surface area contributed by atoms with E-state index in [1.54, 1.807) is 18.2 Å². The Bertz CT molecular complexity index is 1220. The molecule has 2 aliphatic heterocycles. The van der Waals surface area contributed by atoms with Crippen LogP contribution in [0.3, 0.4) is 0 Å². The van der Waals surface area contributed by atoms with Gasteiger partial charge in [0.15, 0.2) is 0 Å². The molecule has 2 heterocycles.